The number of aromatic carboxylic acids is 1. The van der Waals surface area contributed by atoms with E-state index < -0.39 is 5.97 Å². The summed E-state index contributed by atoms with van der Waals surface area (Å²) in [6.45, 7) is 3.94. The largest absolute Gasteiger partial charge is 0.485 e. The van der Waals surface area contributed by atoms with Crippen LogP contribution in [0.15, 0.2) is 78.9 Å². The van der Waals surface area contributed by atoms with Gasteiger partial charge in [0.2, 0.25) is 0 Å². The second-order valence-electron chi connectivity index (χ2n) is 6.33. The summed E-state index contributed by atoms with van der Waals surface area (Å²) in [5.74, 6) is -0.620. The van der Waals surface area contributed by atoms with Crippen LogP contribution < -0.4 is 4.74 Å². The van der Waals surface area contributed by atoms with Crippen molar-refractivity contribution in [3.63, 3.8) is 0 Å². The molecule has 0 amide bonds. The molecule has 3 aromatic rings. The number of carboxylic acid groups (broad SMARTS) is 1. The van der Waals surface area contributed by atoms with Crippen molar-refractivity contribution in [2.24, 2.45) is 0 Å². The quantitative estimate of drug-likeness (QED) is 0.625. The molecule has 0 heterocycles. The van der Waals surface area contributed by atoms with Crippen molar-refractivity contribution < 1.29 is 14.6 Å². The highest BCUT2D eigenvalue weighted by molar-refractivity contribution is 5.93. The summed E-state index contributed by atoms with van der Waals surface area (Å²) >= 11 is 0. The Kier molecular flexibility index (Phi) is 5.37. The number of hydrogen-bond acceptors (Lipinski definition) is 2. The van der Waals surface area contributed by atoms with Crippen LogP contribution in [0.25, 0.3) is 0 Å². The third-order valence-electron chi connectivity index (χ3n) is 4.61. The summed E-state index contributed by atoms with van der Waals surface area (Å²) < 4.78 is 6.04. The molecule has 0 radical (unpaired) electrons. The summed E-state index contributed by atoms with van der Waals surface area (Å²) in [7, 11) is 0. The Hall–Kier alpha value is -3.07. The number of hydrogen-bond donors (Lipinski definition) is 1. The highest BCUT2D eigenvalue weighted by Gasteiger charge is 2.22. The average Bonchev–Trinajstić information content (AvgIpc) is 2.68. The van der Waals surface area contributed by atoms with Crippen LogP contribution in [0.1, 0.15) is 52.9 Å². The molecule has 2 atom stereocenters. The maximum Gasteiger partial charge on any atom is 0.339 e. The van der Waals surface area contributed by atoms with Gasteiger partial charge in [-0.15, -0.1) is 0 Å². The van der Waals surface area contributed by atoms with E-state index in [2.05, 4.69) is 0 Å². The van der Waals surface area contributed by atoms with Crippen LogP contribution in [0.5, 0.6) is 5.75 Å². The summed E-state index contributed by atoms with van der Waals surface area (Å²) in [4.78, 5) is 12.0. The molecular weight excluding hydrogens is 324 g/mol. The molecule has 3 heteroatoms. The van der Waals surface area contributed by atoms with Crippen LogP contribution in [-0.2, 0) is 0 Å². The normalized spacial score (nSPS) is 13.0. The number of carboxylic acids is 1. The van der Waals surface area contributed by atoms with E-state index in [0.29, 0.717) is 5.75 Å². The fraction of sp³-hybridized carbons (Fsp3) is 0.174. The molecule has 0 saturated carbocycles. The molecule has 3 rings (SSSR count). The van der Waals surface area contributed by atoms with E-state index in [0.717, 1.165) is 16.7 Å². The Balaban J connectivity index is 1.98. The lowest BCUT2D eigenvalue weighted by molar-refractivity contribution is 0.0688. The Bertz CT molecular complexity index is 872. The number of carbonyl (C=O) groups is 1. The van der Waals surface area contributed by atoms with Crippen molar-refractivity contribution >= 4 is 5.97 Å². The molecule has 0 aliphatic heterocycles. The van der Waals surface area contributed by atoms with E-state index in [1.54, 1.807) is 6.07 Å². The van der Waals surface area contributed by atoms with E-state index in [9.17, 15) is 9.90 Å². The second-order valence-corrected chi connectivity index (χ2v) is 6.33. The predicted molar refractivity (Wildman–Crippen MR) is 103 cm³/mol. The van der Waals surface area contributed by atoms with Gasteiger partial charge in [0.1, 0.15) is 17.4 Å². The van der Waals surface area contributed by atoms with Gasteiger partial charge in [0, 0.05) is 5.92 Å². The monoisotopic (exact) mass is 346 g/mol. The number of rotatable bonds is 6. The van der Waals surface area contributed by atoms with Gasteiger partial charge in [-0.25, -0.2) is 4.79 Å². The Morgan fingerprint density at radius 2 is 1.38 bits per heavy atom. The topological polar surface area (TPSA) is 46.5 Å². The third-order valence-corrected chi connectivity index (χ3v) is 4.61. The molecular formula is C23H22O3. The van der Waals surface area contributed by atoms with Gasteiger partial charge in [-0.3, -0.25) is 0 Å². The molecule has 26 heavy (non-hydrogen) atoms. The zero-order chi connectivity index (χ0) is 18.5. The van der Waals surface area contributed by atoms with Crippen molar-refractivity contribution in [2.45, 2.75) is 25.9 Å². The van der Waals surface area contributed by atoms with Gasteiger partial charge in [0.15, 0.2) is 0 Å². The van der Waals surface area contributed by atoms with Gasteiger partial charge < -0.3 is 9.84 Å². The molecule has 0 fully saturated rings. The third kappa shape index (κ3) is 3.77. The van der Waals surface area contributed by atoms with Crippen LogP contribution in [0.2, 0.25) is 0 Å². The molecule has 0 bridgehead atoms. The molecule has 3 aromatic carbocycles. The van der Waals surface area contributed by atoms with Gasteiger partial charge in [0.25, 0.3) is 0 Å². The average molecular weight is 346 g/mol. The molecule has 0 saturated heterocycles. The van der Waals surface area contributed by atoms with Gasteiger partial charge in [0.05, 0.1) is 0 Å². The lowest BCUT2D eigenvalue weighted by Crippen LogP contribution is -2.11. The highest BCUT2D eigenvalue weighted by Crippen LogP contribution is 2.34. The molecule has 1 N–H and O–H groups in total. The Labute approximate surface area is 153 Å². The minimum atomic E-state index is -0.973. The first-order valence-corrected chi connectivity index (χ1v) is 8.70. The maximum absolute atomic E-state index is 12.0. The van der Waals surface area contributed by atoms with E-state index in [1.807, 2.05) is 86.6 Å². The summed E-state index contributed by atoms with van der Waals surface area (Å²) in [6, 6.07) is 25.1. The van der Waals surface area contributed by atoms with E-state index in [1.165, 1.54) is 0 Å². The standard InChI is InChI=1S/C23H22O3/c1-16(18-10-5-3-6-11-18)20-14-9-15-21(22(20)23(24)25)26-17(2)19-12-7-4-8-13-19/h3-17H,1-2H3,(H,24,25). The first-order valence-electron chi connectivity index (χ1n) is 8.70. The van der Waals surface area contributed by atoms with E-state index in [-0.39, 0.29) is 17.6 Å². The molecule has 0 aliphatic carbocycles. The predicted octanol–water partition coefficient (Wildman–Crippen LogP) is 5.68. The van der Waals surface area contributed by atoms with Gasteiger partial charge in [-0.05, 0) is 29.7 Å². The number of ether oxygens (including phenoxy) is 1. The zero-order valence-electron chi connectivity index (χ0n) is 14.9. The van der Waals surface area contributed by atoms with Gasteiger partial charge in [-0.1, -0.05) is 79.7 Å². The first kappa shape index (κ1) is 17.7. The van der Waals surface area contributed by atoms with Crippen LogP contribution in [0, 0.1) is 0 Å². The van der Waals surface area contributed by atoms with Crippen molar-refractivity contribution in [2.75, 3.05) is 0 Å². The van der Waals surface area contributed by atoms with E-state index in [4.69, 9.17) is 4.74 Å². The van der Waals surface area contributed by atoms with Crippen LogP contribution in [0.4, 0.5) is 0 Å². The van der Waals surface area contributed by atoms with Crippen molar-refractivity contribution in [1.82, 2.24) is 0 Å². The summed E-state index contributed by atoms with van der Waals surface area (Å²) in [5.41, 5.74) is 3.06. The lowest BCUT2D eigenvalue weighted by atomic mass is 9.89. The van der Waals surface area contributed by atoms with Gasteiger partial charge >= 0.3 is 5.97 Å². The van der Waals surface area contributed by atoms with E-state index >= 15 is 0 Å². The number of benzene rings is 3. The van der Waals surface area contributed by atoms with Crippen molar-refractivity contribution in [3.8, 4) is 5.75 Å². The highest BCUT2D eigenvalue weighted by atomic mass is 16.5. The Morgan fingerprint density at radius 1 is 0.808 bits per heavy atom. The minimum Gasteiger partial charge on any atom is -0.485 e. The van der Waals surface area contributed by atoms with Crippen LogP contribution in [-0.4, -0.2) is 11.1 Å². The van der Waals surface area contributed by atoms with Crippen LogP contribution in [0.3, 0.4) is 0 Å². The van der Waals surface area contributed by atoms with Crippen LogP contribution >= 0.6 is 0 Å². The summed E-state index contributed by atoms with van der Waals surface area (Å²) in [5, 5.41) is 9.85. The summed E-state index contributed by atoms with van der Waals surface area (Å²) in [6.07, 6.45) is -0.239. The van der Waals surface area contributed by atoms with Gasteiger partial charge in [-0.2, -0.15) is 0 Å². The minimum absolute atomic E-state index is 0.0436. The van der Waals surface area contributed by atoms with Crippen molar-refractivity contribution in [1.29, 1.82) is 0 Å². The Morgan fingerprint density at radius 3 is 1.96 bits per heavy atom. The fourth-order valence-electron chi connectivity index (χ4n) is 3.14. The second kappa shape index (κ2) is 7.87. The fourth-order valence-corrected chi connectivity index (χ4v) is 3.14. The smallest absolute Gasteiger partial charge is 0.339 e. The maximum atomic E-state index is 12.0. The molecule has 2 unspecified atom stereocenters. The molecule has 0 aliphatic rings. The van der Waals surface area contributed by atoms with Crippen molar-refractivity contribution in [3.05, 3.63) is 101 Å². The zero-order valence-corrected chi connectivity index (χ0v) is 14.9. The SMILES string of the molecule is CC(Oc1cccc(C(C)c2ccccc2)c1C(=O)O)c1ccccc1. The molecule has 132 valence electrons. The molecule has 0 aromatic heterocycles. The lowest BCUT2D eigenvalue weighted by Gasteiger charge is -2.21. The molecule has 3 nitrogen and oxygen atoms in total. The molecule has 0 spiro atoms. The first-order chi connectivity index (χ1) is 12.6.